The first-order chi connectivity index (χ1) is 9.19. The number of nitrogens with one attached hydrogen (secondary N) is 2. The van der Waals surface area contributed by atoms with Crippen molar-refractivity contribution in [3.8, 4) is 0 Å². The molecule has 1 aromatic heterocycles. The smallest absolute Gasteiger partial charge is 0.271 e. The third kappa shape index (κ3) is 3.89. The van der Waals surface area contributed by atoms with E-state index in [0.717, 1.165) is 32.5 Å². The Hall–Kier alpha value is -1.69. The van der Waals surface area contributed by atoms with E-state index in [1.165, 1.54) is 18.6 Å². The molecule has 1 fully saturated rings. The molecule has 0 aliphatic carbocycles. The Morgan fingerprint density at radius 3 is 2.79 bits per heavy atom. The molecule has 0 bridgehead atoms. The van der Waals surface area contributed by atoms with Gasteiger partial charge in [0.2, 0.25) is 0 Å². The summed E-state index contributed by atoms with van der Waals surface area (Å²) in [4.78, 5) is 25.2. The molecule has 2 N–H and O–H groups in total. The molecule has 1 aromatic rings. The summed E-state index contributed by atoms with van der Waals surface area (Å²) in [6, 6.07) is 2.96. The Morgan fingerprint density at radius 1 is 1.47 bits per heavy atom. The molecule has 1 amide bonds. The van der Waals surface area contributed by atoms with Crippen LogP contribution in [0.5, 0.6) is 0 Å². The molecule has 2 rings (SSSR count). The Labute approximate surface area is 112 Å². The number of piperidine rings is 1. The van der Waals surface area contributed by atoms with Crippen LogP contribution in [0.2, 0.25) is 0 Å². The first kappa shape index (κ1) is 13.7. The summed E-state index contributed by atoms with van der Waals surface area (Å²) in [5, 5.41) is 8.96. The lowest BCUT2D eigenvalue weighted by Crippen LogP contribution is -2.45. The van der Waals surface area contributed by atoms with Gasteiger partial charge >= 0.3 is 0 Å². The van der Waals surface area contributed by atoms with Crippen molar-refractivity contribution in [1.82, 2.24) is 20.4 Å². The Bertz CT molecular complexity index is 457. The minimum atomic E-state index is -0.301. The lowest BCUT2D eigenvalue weighted by Gasteiger charge is -2.31. The largest absolute Gasteiger partial charge is 0.348 e. The summed E-state index contributed by atoms with van der Waals surface area (Å²) >= 11 is 0. The van der Waals surface area contributed by atoms with Crippen LogP contribution in [-0.2, 0) is 0 Å². The number of nitrogens with zero attached hydrogens (tertiary/aromatic N) is 2. The van der Waals surface area contributed by atoms with Crippen molar-refractivity contribution in [2.24, 2.45) is 0 Å². The average molecular weight is 264 g/mol. The summed E-state index contributed by atoms with van der Waals surface area (Å²) in [5.41, 5.74) is -0.0417. The number of carbonyl (C=O) groups excluding carboxylic acids is 1. The molecule has 19 heavy (non-hydrogen) atoms. The summed E-state index contributed by atoms with van der Waals surface area (Å²) in [5.74, 6) is -0.217. The molecule has 1 aliphatic heterocycles. The van der Waals surface area contributed by atoms with Crippen molar-refractivity contribution in [1.29, 1.82) is 0 Å². The number of aromatic nitrogens is 2. The molecular formula is C13H20N4O2. The SMILES string of the molecule is CCCN1CCC(NC(=O)c2ccc(=O)[nH]n2)CC1. The van der Waals surface area contributed by atoms with Crippen molar-refractivity contribution < 1.29 is 4.79 Å². The molecule has 0 saturated carbocycles. The van der Waals surface area contributed by atoms with Crippen molar-refractivity contribution in [3.05, 3.63) is 28.2 Å². The molecule has 6 nitrogen and oxygen atoms in total. The van der Waals surface area contributed by atoms with Crippen LogP contribution >= 0.6 is 0 Å². The van der Waals surface area contributed by atoms with Gasteiger partial charge in [-0.3, -0.25) is 9.59 Å². The zero-order chi connectivity index (χ0) is 13.7. The molecule has 0 unspecified atom stereocenters. The van der Waals surface area contributed by atoms with Gasteiger partial charge in [-0.25, -0.2) is 5.10 Å². The van der Waals surface area contributed by atoms with Gasteiger partial charge in [-0.2, -0.15) is 5.10 Å². The maximum atomic E-state index is 11.9. The first-order valence-corrected chi connectivity index (χ1v) is 6.78. The van der Waals surface area contributed by atoms with Crippen molar-refractivity contribution in [3.63, 3.8) is 0 Å². The predicted molar refractivity (Wildman–Crippen MR) is 72.1 cm³/mol. The zero-order valence-corrected chi connectivity index (χ0v) is 11.2. The maximum Gasteiger partial charge on any atom is 0.271 e. The third-order valence-electron chi connectivity index (χ3n) is 3.37. The topological polar surface area (TPSA) is 78.1 Å². The van der Waals surface area contributed by atoms with E-state index in [1.807, 2.05) is 0 Å². The van der Waals surface area contributed by atoms with Crippen molar-refractivity contribution in [2.75, 3.05) is 19.6 Å². The number of aromatic amines is 1. The van der Waals surface area contributed by atoms with E-state index < -0.39 is 0 Å². The lowest BCUT2D eigenvalue weighted by molar-refractivity contribution is 0.0905. The van der Waals surface area contributed by atoms with E-state index in [1.54, 1.807) is 0 Å². The van der Waals surface area contributed by atoms with Gasteiger partial charge in [0.05, 0.1) is 0 Å². The van der Waals surface area contributed by atoms with Crippen molar-refractivity contribution in [2.45, 2.75) is 32.2 Å². The van der Waals surface area contributed by atoms with E-state index in [0.29, 0.717) is 0 Å². The predicted octanol–water partition coefficient (Wildman–Crippen LogP) is 0.374. The second-order valence-corrected chi connectivity index (χ2v) is 4.90. The molecule has 0 spiro atoms. The van der Waals surface area contributed by atoms with Gasteiger partial charge in [0.15, 0.2) is 0 Å². The van der Waals surface area contributed by atoms with E-state index in [4.69, 9.17) is 0 Å². The normalized spacial score (nSPS) is 17.3. The molecule has 104 valence electrons. The minimum absolute atomic E-state index is 0.203. The fourth-order valence-corrected chi connectivity index (χ4v) is 2.35. The highest BCUT2D eigenvalue weighted by Gasteiger charge is 2.20. The minimum Gasteiger partial charge on any atom is -0.348 e. The summed E-state index contributed by atoms with van der Waals surface area (Å²) in [6.07, 6.45) is 3.10. The van der Waals surface area contributed by atoms with Gasteiger partial charge in [-0.1, -0.05) is 6.92 Å². The molecule has 0 aromatic carbocycles. The Morgan fingerprint density at radius 2 is 2.21 bits per heavy atom. The zero-order valence-electron chi connectivity index (χ0n) is 11.2. The number of hydrogen-bond donors (Lipinski definition) is 2. The van der Waals surface area contributed by atoms with Gasteiger partial charge in [-0.15, -0.1) is 0 Å². The molecule has 1 saturated heterocycles. The number of rotatable bonds is 4. The van der Waals surface area contributed by atoms with Crippen LogP contribution in [0.1, 0.15) is 36.7 Å². The highest BCUT2D eigenvalue weighted by Crippen LogP contribution is 2.10. The van der Waals surface area contributed by atoms with E-state index >= 15 is 0 Å². The number of likely N-dealkylation sites (tertiary alicyclic amines) is 1. The monoisotopic (exact) mass is 264 g/mol. The van der Waals surface area contributed by atoms with Gasteiger partial charge < -0.3 is 10.2 Å². The number of amides is 1. The van der Waals surface area contributed by atoms with Gasteiger partial charge in [0.1, 0.15) is 5.69 Å². The molecular weight excluding hydrogens is 244 g/mol. The van der Waals surface area contributed by atoms with E-state index in [-0.39, 0.29) is 23.2 Å². The molecule has 0 radical (unpaired) electrons. The van der Waals surface area contributed by atoms with E-state index in [9.17, 15) is 9.59 Å². The fourth-order valence-electron chi connectivity index (χ4n) is 2.35. The van der Waals surface area contributed by atoms with Gasteiger partial charge in [0.25, 0.3) is 11.5 Å². The van der Waals surface area contributed by atoms with Crippen LogP contribution in [0, 0.1) is 0 Å². The molecule has 2 heterocycles. The maximum absolute atomic E-state index is 11.9. The Balaban J connectivity index is 1.83. The van der Waals surface area contributed by atoms with Crippen LogP contribution in [0.3, 0.4) is 0 Å². The second kappa shape index (κ2) is 6.47. The van der Waals surface area contributed by atoms with Gasteiger partial charge in [0, 0.05) is 25.2 Å². The van der Waals surface area contributed by atoms with E-state index in [2.05, 4.69) is 27.3 Å². The molecule has 1 aliphatic rings. The number of hydrogen-bond acceptors (Lipinski definition) is 4. The summed E-state index contributed by atoms with van der Waals surface area (Å²) < 4.78 is 0. The quantitative estimate of drug-likeness (QED) is 0.824. The fraction of sp³-hybridized carbons (Fsp3) is 0.615. The second-order valence-electron chi connectivity index (χ2n) is 4.90. The van der Waals surface area contributed by atoms with Gasteiger partial charge in [-0.05, 0) is 31.9 Å². The van der Waals surface area contributed by atoms with Crippen LogP contribution in [0.15, 0.2) is 16.9 Å². The van der Waals surface area contributed by atoms with Crippen LogP contribution in [0.4, 0.5) is 0 Å². The Kier molecular flexibility index (Phi) is 4.68. The average Bonchev–Trinajstić information content (AvgIpc) is 2.42. The third-order valence-corrected chi connectivity index (χ3v) is 3.37. The highest BCUT2D eigenvalue weighted by atomic mass is 16.2. The summed E-state index contributed by atoms with van der Waals surface area (Å²) in [6.45, 7) is 5.35. The molecule has 6 heteroatoms. The summed E-state index contributed by atoms with van der Waals surface area (Å²) in [7, 11) is 0. The van der Waals surface area contributed by atoms with Crippen LogP contribution < -0.4 is 10.9 Å². The van der Waals surface area contributed by atoms with Crippen LogP contribution in [0.25, 0.3) is 0 Å². The van der Waals surface area contributed by atoms with Crippen LogP contribution in [-0.4, -0.2) is 46.7 Å². The standard InChI is InChI=1S/C13H20N4O2/c1-2-7-17-8-5-10(6-9-17)14-13(19)11-3-4-12(18)16-15-11/h3-4,10H,2,5-9H2,1H3,(H,14,19)(H,16,18). The highest BCUT2D eigenvalue weighted by molar-refractivity contribution is 5.92. The number of carbonyl (C=O) groups is 1. The van der Waals surface area contributed by atoms with Crippen molar-refractivity contribution >= 4 is 5.91 Å². The number of H-pyrrole nitrogens is 1. The molecule has 0 atom stereocenters. The first-order valence-electron chi connectivity index (χ1n) is 6.78. The lowest BCUT2D eigenvalue weighted by atomic mass is 10.0.